The number of fused-ring (bicyclic) bond motifs is 2. The van der Waals surface area contributed by atoms with Gasteiger partial charge in [0.25, 0.3) is 5.91 Å². The minimum atomic E-state index is -2.52. The summed E-state index contributed by atoms with van der Waals surface area (Å²) in [6, 6.07) is 22.8. The van der Waals surface area contributed by atoms with E-state index in [0.717, 1.165) is 16.5 Å². The van der Waals surface area contributed by atoms with Crippen LogP contribution in [0.2, 0.25) is 18.6 Å². The van der Waals surface area contributed by atoms with E-state index in [4.69, 9.17) is 14.2 Å². The van der Waals surface area contributed by atoms with E-state index in [2.05, 4.69) is 30.5 Å². The van der Waals surface area contributed by atoms with Crippen LogP contribution >= 0.6 is 0 Å². The van der Waals surface area contributed by atoms with Gasteiger partial charge >= 0.3 is 5.97 Å². The lowest BCUT2D eigenvalue weighted by molar-refractivity contribution is -0.154. The van der Waals surface area contributed by atoms with Crippen LogP contribution in [-0.2, 0) is 40.8 Å². The van der Waals surface area contributed by atoms with Crippen molar-refractivity contribution in [1.82, 2.24) is 4.90 Å². The van der Waals surface area contributed by atoms with E-state index >= 15 is 0 Å². The fraction of sp³-hybridized carbons (Fsp3) is 0.405. The Hall–Kier alpha value is -4.52. The number of aliphatic hydroxyl groups is 1. The van der Waals surface area contributed by atoms with Gasteiger partial charge in [0.15, 0.2) is 11.8 Å². The third-order valence-electron chi connectivity index (χ3n) is 10.4. The van der Waals surface area contributed by atoms with E-state index in [0.29, 0.717) is 23.5 Å². The second-order valence-electron chi connectivity index (χ2n) is 13.6. The Morgan fingerprint density at radius 3 is 2.43 bits per heavy atom. The molecule has 12 heteroatoms. The van der Waals surface area contributed by atoms with Crippen LogP contribution in [-0.4, -0.2) is 74.4 Å². The summed E-state index contributed by atoms with van der Waals surface area (Å²) >= 11 is 0. The summed E-state index contributed by atoms with van der Waals surface area (Å²) in [5.74, 6) is -0.836. The molecule has 0 radical (unpaired) electrons. The summed E-state index contributed by atoms with van der Waals surface area (Å²) in [7, 11) is -0.900. The molecular formula is C37H43N3O8Si. The topological polar surface area (TPSA) is 135 Å². The molecule has 3 amide bonds. The maximum atomic E-state index is 14.2. The van der Waals surface area contributed by atoms with Crippen LogP contribution in [0, 0.1) is 5.92 Å². The van der Waals surface area contributed by atoms with Crippen LogP contribution in [0.5, 0.6) is 5.75 Å². The van der Waals surface area contributed by atoms with Gasteiger partial charge in [0, 0.05) is 42.9 Å². The maximum absolute atomic E-state index is 14.2. The lowest BCUT2D eigenvalue weighted by Crippen LogP contribution is -2.55. The van der Waals surface area contributed by atoms with Gasteiger partial charge in [-0.05, 0) is 41.4 Å². The van der Waals surface area contributed by atoms with E-state index in [-0.39, 0.29) is 55.2 Å². The number of hydrogen-bond acceptors (Lipinski definition) is 8. The van der Waals surface area contributed by atoms with E-state index in [9.17, 15) is 24.3 Å². The number of carbonyl (C=O) groups is 4. The van der Waals surface area contributed by atoms with E-state index in [1.165, 1.54) is 11.8 Å². The molecule has 3 aliphatic rings. The molecule has 6 rings (SSSR count). The Kier molecular flexibility index (Phi) is 9.40. The molecule has 0 aliphatic carbocycles. The molecule has 0 aromatic heterocycles. The highest BCUT2D eigenvalue weighted by Gasteiger charge is 2.65. The molecule has 3 heterocycles. The maximum Gasteiger partial charge on any atom is 0.304 e. The molecule has 1 unspecified atom stereocenters. The number of anilines is 2. The third kappa shape index (κ3) is 6.13. The minimum absolute atomic E-state index is 0.0115. The molecule has 5 atom stereocenters. The van der Waals surface area contributed by atoms with Crippen molar-refractivity contribution in [1.29, 1.82) is 0 Å². The van der Waals surface area contributed by atoms with Gasteiger partial charge < -0.3 is 29.5 Å². The van der Waals surface area contributed by atoms with Crippen molar-refractivity contribution in [3.05, 3.63) is 83.9 Å². The minimum Gasteiger partial charge on any atom is -0.497 e. The van der Waals surface area contributed by atoms with E-state index < -0.39 is 32.0 Å². The summed E-state index contributed by atoms with van der Waals surface area (Å²) in [5, 5.41) is 14.0. The lowest BCUT2D eigenvalue weighted by atomic mass is 9.82. The Balaban J connectivity index is 1.40. The number of amides is 3. The first-order valence-corrected chi connectivity index (χ1v) is 19.7. The molecule has 0 saturated carbocycles. The van der Waals surface area contributed by atoms with Gasteiger partial charge in [-0.25, -0.2) is 0 Å². The molecule has 0 bridgehead atoms. The number of carbonyl (C=O) groups excluding carboxylic acids is 4. The Morgan fingerprint density at radius 2 is 1.80 bits per heavy atom. The van der Waals surface area contributed by atoms with Crippen LogP contribution in [0.25, 0.3) is 0 Å². The highest BCUT2D eigenvalue weighted by atomic mass is 28.3. The average Bonchev–Trinajstić information content (AvgIpc) is 3.52. The monoisotopic (exact) mass is 685 g/mol. The molecule has 3 aromatic carbocycles. The predicted octanol–water partition coefficient (Wildman–Crippen LogP) is 3.90. The number of ether oxygens (including phenoxy) is 3. The molecule has 258 valence electrons. The summed E-state index contributed by atoms with van der Waals surface area (Å²) < 4.78 is 17.8. The fourth-order valence-electron chi connectivity index (χ4n) is 7.97. The zero-order chi connectivity index (χ0) is 35.1. The van der Waals surface area contributed by atoms with Crippen molar-refractivity contribution in [3.8, 4) is 5.75 Å². The summed E-state index contributed by atoms with van der Waals surface area (Å²) in [6.07, 6.45) is -1.28. The van der Waals surface area contributed by atoms with Crippen LogP contribution in [0.15, 0.2) is 72.8 Å². The number of β-lactam (4-membered cyclic amide) rings is 1. The normalized spacial score (nSPS) is 24.3. The molecule has 2 saturated heterocycles. The van der Waals surface area contributed by atoms with Gasteiger partial charge in [-0.2, -0.15) is 0 Å². The molecule has 1 spiro atoms. The molecule has 3 aliphatic heterocycles. The number of aliphatic hydroxyl groups excluding tert-OH is 1. The molecule has 2 fully saturated rings. The van der Waals surface area contributed by atoms with Crippen molar-refractivity contribution in [2.24, 2.45) is 5.92 Å². The quantitative estimate of drug-likeness (QED) is 0.176. The number of hydrogen-bond donors (Lipinski definition) is 2. The molecular weight excluding hydrogens is 643 g/mol. The first-order chi connectivity index (χ1) is 23.4. The van der Waals surface area contributed by atoms with Gasteiger partial charge in [0.2, 0.25) is 11.8 Å². The highest BCUT2D eigenvalue weighted by molar-refractivity contribution is 6.91. The zero-order valence-electron chi connectivity index (χ0n) is 28.5. The first kappa shape index (κ1) is 34.3. The summed E-state index contributed by atoms with van der Waals surface area (Å²) in [5.41, 5.74) is 0.946. The predicted molar refractivity (Wildman–Crippen MR) is 186 cm³/mol. The van der Waals surface area contributed by atoms with Gasteiger partial charge in [0.05, 0.1) is 40.7 Å². The molecule has 49 heavy (non-hydrogen) atoms. The Morgan fingerprint density at radius 1 is 1.08 bits per heavy atom. The van der Waals surface area contributed by atoms with Crippen LogP contribution in [0.3, 0.4) is 0 Å². The number of benzene rings is 3. The second-order valence-corrected chi connectivity index (χ2v) is 18.3. The molecule has 3 aromatic rings. The number of methoxy groups -OCH3 is 1. The zero-order valence-corrected chi connectivity index (χ0v) is 29.5. The number of nitrogens with one attached hydrogen (secondary N) is 1. The number of nitrogens with zero attached hydrogens (tertiary/aromatic N) is 2. The standard InChI is InChI=1S/C37H43N3O8Si/c1-23-35(49(4,5)28-14-12-27(46-3)13-15-28)31(20-32(43)39(17-18-41)22-25-9-7-6-8-10-25)48-37(23)29-19-26(11-16-30(29)38-36(37)45)40-33(44)21-34(40)47-24(2)42/h6-16,19,23,31,34-35,41H,17-18,20-22H2,1-5H3,(H,38,45)/t23-,31+,34?,35-,37+/m0/s1. The van der Waals surface area contributed by atoms with Crippen molar-refractivity contribution in [3.63, 3.8) is 0 Å². The summed E-state index contributed by atoms with van der Waals surface area (Å²) in [6.45, 7) is 8.08. The van der Waals surface area contributed by atoms with Crippen molar-refractivity contribution in [2.75, 3.05) is 30.5 Å². The van der Waals surface area contributed by atoms with Crippen LogP contribution in [0.4, 0.5) is 11.4 Å². The van der Waals surface area contributed by atoms with Crippen molar-refractivity contribution >= 4 is 48.3 Å². The van der Waals surface area contributed by atoms with Gasteiger partial charge in [-0.15, -0.1) is 0 Å². The summed E-state index contributed by atoms with van der Waals surface area (Å²) in [4.78, 5) is 55.8. The third-order valence-corrected chi connectivity index (χ3v) is 14.7. The Labute approximate surface area is 287 Å². The largest absolute Gasteiger partial charge is 0.497 e. The smallest absolute Gasteiger partial charge is 0.304 e. The van der Waals surface area contributed by atoms with Crippen LogP contribution < -0.4 is 20.1 Å². The lowest BCUT2D eigenvalue weighted by Gasteiger charge is -2.39. The van der Waals surface area contributed by atoms with Gasteiger partial charge in [-0.3, -0.25) is 24.1 Å². The molecule has 2 N–H and O–H groups in total. The van der Waals surface area contributed by atoms with Gasteiger partial charge in [0.1, 0.15) is 5.75 Å². The second kappa shape index (κ2) is 13.4. The number of rotatable bonds is 11. The molecule has 11 nitrogen and oxygen atoms in total. The van der Waals surface area contributed by atoms with Gasteiger partial charge in [-0.1, -0.05) is 67.7 Å². The highest BCUT2D eigenvalue weighted by Crippen LogP contribution is 2.59. The Bertz CT molecular complexity index is 1750. The number of esters is 1. The van der Waals surface area contributed by atoms with Crippen molar-refractivity contribution in [2.45, 2.75) is 69.8 Å². The van der Waals surface area contributed by atoms with E-state index in [1.54, 1.807) is 30.2 Å². The van der Waals surface area contributed by atoms with E-state index in [1.807, 2.05) is 49.4 Å². The SMILES string of the molecule is COc1ccc([Si](C)(C)[C@@H]2[C@@H](CC(=O)N(CCO)Cc3ccccc3)O[C@]3(C(=O)Nc4ccc(N5C(=O)CC5OC(C)=O)cc43)[C@H]2C)cc1. The van der Waals surface area contributed by atoms with Crippen LogP contribution in [0.1, 0.15) is 37.8 Å². The first-order valence-electron chi connectivity index (χ1n) is 16.6. The van der Waals surface area contributed by atoms with Crippen molar-refractivity contribution < 1.29 is 38.5 Å². The fourth-order valence-corrected chi connectivity index (χ4v) is 12.0. The average molecular weight is 686 g/mol.